The first-order chi connectivity index (χ1) is 9.81. The lowest BCUT2D eigenvalue weighted by Crippen LogP contribution is -2.33. The summed E-state index contributed by atoms with van der Waals surface area (Å²) in [7, 11) is 0. The minimum Gasteiger partial charge on any atom is -0.392 e. The van der Waals surface area contributed by atoms with Gasteiger partial charge in [-0.15, -0.1) is 0 Å². The highest BCUT2D eigenvalue weighted by molar-refractivity contribution is 5.10. The van der Waals surface area contributed by atoms with Crippen molar-refractivity contribution >= 4 is 0 Å². The molecule has 1 N–H and O–H groups in total. The van der Waals surface area contributed by atoms with Gasteiger partial charge in [0.15, 0.2) is 0 Å². The van der Waals surface area contributed by atoms with E-state index < -0.39 is 18.2 Å². The zero-order valence-corrected chi connectivity index (χ0v) is 12.5. The third kappa shape index (κ3) is 3.99. The molecule has 0 spiro atoms. The predicted molar refractivity (Wildman–Crippen MR) is 73.9 cm³/mol. The predicted octanol–water partition coefficient (Wildman–Crippen LogP) is 3.48. The zero-order chi connectivity index (χ0) is 15.6. The SMILES string of the molecule is CCn1nc(C)cc1CC(O)C1CCC(C(F)(F)F)CC1. The van der Waals surface area contributed by atoms with Crippen molar-refractivity contribution in [3.05, 3.63) is 17.5 Å². The van der Waals surface area contributed by atoms with E-state index in [9.17, 15) is 18.3 Å². The summed E-state index contributed by atoms with van der Waals surface area (Å²) in [5.41, 5.74) is 1.86. The lowest BCUT2D eigenvalue weighted by atomic mass is 9.78. The summed E-state index contributed by atoms with van der Waals surface area (Å²) in [5.74, 6) is -1.23. The van der Waals surface area contributed by atoms with Crippen molar-refractivity contribution in [1.82, 2.24) is 9.78 Å². The minimum atomic E-state index is -4.09. The Morgan fingerprint density at radius 2 is 1.95 bits per heavy atom. The summed E-state index contributed by atoms with van der Waals surface area (Å²) in [6.07, 6.45) is -3.03. The van der Waals surface area contributed by atoms with Crippen molar-refractivity contribution in [2.45, 2.75) is 64.8 Å². The Morgan fingerprint density at radius 3 is 2.48 bits per heavy atom. The molecule has 1 unspecified atom stereocenters. The standard InChI is InChI=1S/C15H23F3N2O/c1-3-20-13(8-10(2)19-20)9-14(21)11-4-6-12(7-5-11)15(16,17)18/h8,11-12,14,21H,3-7,9H2,1-2H3. The molecule has 0 aliphatic heterocycles. The highest BCUT2D eigenvalue weighted by Gasteiger charge is 2.42. The van der Waals surface area contributed by atoms with Crippen LogP contribution in [0.2, 0.25) is 0 Å². The number of aryl methyl sites for hydroxylation is 2. The van der Waals surface area contributed by atoms with Crippen LogP contribution in [0.5, 0.6) is 0 Å². The Hall–Kier alpha value is -1.04. The molecule has 1 atom stereocenters. The lowest BCUT2D eigenvalue weighted by molar-refractivity contribution is -0.185. The second-order valence-corrected chi connectivity index (χ2v) is 6.02. The van der Waals surface area contributed by atoms with Gasteiger partial charge in [-0.2, -0.15) is 18.3 Å². The maximum absolute atomic E-state index is 12.6. The summed E-state index contributed by atoms with van der Waals surface area (Å²) in [6.45, 7) is 4.62. The fourth-order valence-corrected chi connectivity index (χ4v) is 3.25. The Morgan fingerprint density at radius 1 is 1.33 bits per heavy atom. The molecule has 1 heterocycles. The molecule has 120 valence electrons. The Kier molecular flexibility index (Phi) is 4.96. The molecular weight excluding hydrogens is 281 g/mol. The summed E-state index contributed by atoms with van der Waals surface area (Å²) >= 11 is 0. The number of aliphatic hydroxyl groups excluding tert-OH is 1. The summed E-state index contributed by atoms with van der Waals surface area (Å²) in [6, 6.07) is 1.94. The van der Waals surface area contributed by atoms with Crippen LogP contribution in [0.1, 0.15) is 44.0 Å². The molecule has 1 aliphatic carbocycles. The van der Waals surface area contributed by atoms with Crippen molar-refractivity contribution in [2.75, 3.05) is 0 Å². The summed E-state index contributed by atoms with van der Waals surface area (Å²) < 4.78 is 39.8. The van der Waals surface area contributed by atoms with Crippen LogP contribution in [0.4, 0.5) is 13.2 Å². The molecule has 1 aliphatic rings. The van der Waals surface area contributed by atoms with Crippen molar-refractivity contribution < 1.29 is 18.3 Å². The van der Waals surface area contributed by atoms with E-state index in [1.807, 2.05) is 24.6 Å². The van der Waals surface area contributed by atoms with E-state index in [4.69, 9.17) is 0 Å². The third-order valence-corrected chi connectivity index (χ3v) is 4.48. The van der Waals surface area contributed by atoms with E-state index in [0.29, 0.717) is 19.3 Å². The quantitative estimate of drug-likeness (QED) is 0.924. The number of aliphatic hydroxyl groups is 1. The fraction of sp³-hybridized carbons (Fsp3) is 0.800. The molecule has 1 fully saturated rings. The van der Waals surface area contributed by atoms with E-state index in [1.54, 1.807) is 0 Å². The number of hydrogen-bond acceptors (Lipinski definition) is 2. The highest BCUT2D eigenvalue weighted by Crippen LogP contribution is 2.40. The van der Waals surface area contributed by atoms with Crippen LogP contribution in [0.15, 0.2) is 6.07 Å². The van der Waals surface area contributed by atoms with Gasteiger partial charge in [-0.25, -0.2) is 0 Å². The molecule has 0 saturated heterocycles. The van der Waals surface area contributed by atoms with Crippen molar-refractivity contribution in [2.24, 2.45) is 11.8 Å². The molecule has 1 saturated carbocycles. The normalized spacial score (nSPS) is 25.0. The van der Waals surface area contributed by atoms with Gasteiger partial charge in [0.25, 0.3) is 0 Å². The van der Waals surface area contributed by atoms with Crippen LogP contribution in [-0.2, 0) is 13.0 Å². The largest absolute Gasteiger partial charge is 0.392 e. The van der Waals surface area contributed by atoms with E-state index in [0.717, 1.165) is 17.9 Å². The molecule has 0 radical (unpaired) electrons. The topological polar surface area (TPSA) is 38.0 Å². The maximum Gasteiger partial charge on any atom is 0.391 e. The van der Waals surface area contributed by atoms with Crippen LogP contribution >= 0.6 is 0 Å². The average Bonchev–Trinajstić information content (AvgIpc) is 2.78. The van der Waals surface area contributed by atoms with Crippen molar-refractivity contribution in [3.63, 3.8) is 0 Å². The van der Waals surface area contributed by atoms with E-state index in [1.165, 1.54) is 0 Å². The summed E-state index contributed by atoms with van der Waals surface area (Å²) in [5, 5.41) is 14.7. The van der Waals surface area contributed by atoms with Gasteiger partial charge in [-0.3, -0.25) is 4.68 Å². The molecular formula is C15H23F3N2O. The molecule has 0 amide bonds. The van der Waals surface area contributed by atoms with Gasteiger partial charge in [0.05, 0.1) is 17.7 Å². The number of hydrogen-bond donors (Lipinski definition) is 1. The first kappa shape index (κ1) is 16.3. The molecule has 1 aromatic rings. The highest BCUT2D eigenvalue weighted by atomic mass is 19.4. The summed E-state index contributed by atoms with van der Waals surface area (Å²) in [4.78, 5) is 0. The molecule has 21 heavy (non-hydrogen) atoms. The van der Waals surface area contributed by atoms with E-state index >= 15 is 0 Å². The fourth-order valence-electron chi connectivity index (χ4n) is 3.25. The smallest absolute Gasteiger partial charge is 0.391 e. The Bertz CT molecular complexity index is 462. The molecule has 2 rings (SSSR count). The third-order valence-electron chi connectivity index (χ3n) is 4.48. The van der Waals surface area contributed by atoms with Gasteiger partial charge < -0.3 is 5.11 Å². The van der Waals surface area contributed by atoms with Crippen LogP contribution in [-0.4, -0.2) is 27.2 Å². The first-order valence-electron chi connectivity index (χ1n) is 7.59. The van der Waals surface area contributed by atoms with Gasteiger partial charge in [0.1, 0.15) is 0 Å². The number of rotatable bonds is 4. The van der Waals surface area contributed by atoms with Gasteiger partial charge in [-0.05, 0) is 51.5 Å². The molecule has 1 aromatic heterocycles. The second kappa shape index (κ2) is 6.38. The van der Waals surface area contributed by atoms with Gasteiger partial charge >= 0.3 is 6.18 Å². The monoisotopic (exact) mass is 304 g/mol. The maximum atomic E-state index is 12.6. The van der Waals surface area contributed by atoms with Crippen LogP contribution < -0.4 is 0 Å². The number of halogens is 3. The minimum absolute atomic E-state index is 0.0379. The molecule has 3 nitrogen and oxygen atoms in total. The van der Waals surface area contributed by atoms with Crippen LogP contribution in [0.3, 0.4) is 0 Å². The van der Waals surface area contributed by atoms with Crippen LogP contribution in [0.25, 0.3) is 0 Å². The second-order valence-electron chi connectivity index (χ2n) is 6.02. The number of alkyl halides is 3. The molecule has 6 heteroatoms. The van der Waals surface area contributed by atoms with Crippen LogP contribution in [0, 0.1) is 18.8 Å². The lowest BCUT2D eigenvalue weighted by Gasteiger charge is -2.32. The van der Waals surface area contributed by atoms with E-state index in [2.05, 4.69) is 5.10 Å². The van der Waals surface area contributed by atoms with Gasteiger partial charge in [0, 0.05) is 18.7 Å². The van der Waals surface area contributed by atoms with Gasteiger partial charge in [-0.1, -0.05) is 0 Å². The average molecular weight is 304 g/mol. The number of nitrogens with zero attached hydrogens (tertiary/aromatic N) is 2. The van der Waals surface area contributed by atoms with Crippen molar-refractivity contribution in [1.29, 1.82) is 0 Å². The Balaban J connectivity index is 1.91. The first-order valence-corrected chi connectivity index (χ1v) is 7.59. The van der Waals surface area contributed by atoms with E-state index in [-0.39, 0.29) is 18.8 Å². The van der Waals surface area contributed by atoms with Crippen molar-refractivity contribution in [3.8, 4) is 0 Å². The molecule has 0 bridgehead atoms. The van der Waals surface area contributed by atoms with Gasteiger partial charge in [0.2, 0.25) is 0 Å². The number of aromatic nitrogens is 2. The Labute approximate surface area is 123 Å². The molecule has 0 aromatic carbocycles. The zero-order valence-electron chi connectivity index (χ0n) is 12.5.